The predicted octanol–water partition coefficient (Wildman–Crippen LogP) is 1.90. The van der Waals surface area contributed by atoms with Gasteiger partial charge in [-0.2, -0.15) is 5.10 Å². The second-order valence-electron chi connectivity index (χ2n) is 5.50. The van der Waals surface area contributed by atoms with Gasteiger partial charge in [0.15, 0.2) is 0 Å². The minimum absolute atomic E-state index is 0.0774. The predicted molar refractivity (Wildman–Crippen MR) is 79.8 cm³/mol. The fraction of sp³-hybridized carbons (Fsp3) is 0.438. The Morgan fingerprint density at radius 2 is 2.29 bits per heavy atom. The number of hydrogen-bond acceptors (Lipinski definition) is 3. The first kappa shape index (κ1) is 13.8. The number of nitrogens with one attached hydrogen (secondary N) is 1. The SMILES string of the molecule is O=C(CCn1cncn1)NCC1CCCc2ccccc21. The van der Waals surface area contributed by atoms with Gasteiger partial charge in [0.2, 0.25) is 5.91 Å². The molecule has 0 aliphatic heterocycles. The molecule has 21 heavy (non-hydrogen) atoms. The quantitative estimate of drug-likeness (QED) is 0.912. The van der Waals surface area contributed by atoms with Crippen molar-refractivity contribution in [3.8, 4) is 0 Å². The van der Waals surface area contributed by atoms with E-state index in [0.717, 1.165) is 19.4 Å². The fourth-order valence-corrected chi connectivity index (χ4v) is 2.96. The number of carbonyl (C=O) groups excluding carboxylic acids is 1. The number of carbonyl (C=O) groups is 1. The van der Waals surface area contributed by atoms with Crippen LogP contribution in [0.1, 0.15) is 36.3 Å². The number of amides is 1. The normalized spacial score (nSPS) is 17.2. The maximum Gasteiger partial charge on any atom is 0.221 e. The molecule has 5 nitrogen and oxygen atoms in total. The van der Waals surface area contributed by atoms with Gasteiger partial charge < -0.3 is 5.32 Å². The number of benzene rings is 1. The lowest BCUT2D eigenvalue weighted by Gasteiger charge is -2.25. The van der Waals surface area contributed by atoms with Crippen molar-refractivity contribution in [3.63, 3.8) is 0 Å². The highest BCUT2D eigenvalue weighted by Crippen LogP contribution is 2.30. The first-order chi connectivity index (χ1) is 10.3. The number of hydrogen-bond donors (Lipinski definition) is 1. The molecule has 0 bridgehead atoms. The van der Waals surface area contributed by atoms with Crippen LogP contribution in [0.3, 0.4) is 0 Å². The van der Waals surface area contributed by atoms with Gasteiger partial charge >= 0.3 is 0 Å². The van der Waals surface area contributed by atoms with Crippen molar-refractivity contribution in [2.45, 2.75) is 38.1 Å². The highest BCUT2D eigenvalue weighted by Gasteiger charge is 2.19. The molecule has 2 aromatic rings. The molecular formula is C16H20N4O. The molecule has 1 heterocycles. The van der Waals surface area contributed by atoms with Crippen LogP contribution in [0.15, 0.2) is 36.9 Å². The molecule has 1 amide bonds. The van der Waals surface area contributed by atoms with Gasteiger partial charge in [-0.3, -0.25) is 9.48 Å². The molecule has 110 valence electrons. The number of aryl methyl sites for hydroxylation is 2. The van der Waals surface area contributed by atoms with Gasteiger partial charge in [0.1, 0.15) is 12.7 Å². The smallest absolute Gasteiger partial charge is 0.221 e. The zero-order valence-electron chi connectivity index (χ0n) is 12.0. The minimum atomic E-state index is 0.0774. The summed E-state index contributed by atoms with van der Waals surface area (Å²) in [5, 5.41) is 7.05. The van der Waals surface area contributed by atoms with Crippen molar-refractivity contribution in [1.29, 1.82) is 0 Å². The van der Waals surface area contributed by atoms with E-state index >= 15 is 0 Å². The van der Waals surface area contributed by atoms with E-state index in [0.29, 0.717) is 18.9 Å². The van der Waals surface area contributed by atoms with Crippen molar-refractivity contribution in [2.75, 3.05) is 6.54 Å². The van der Waals surface area contributed by atoms with Crippen LogP contribution >= 0.6 is 0 Å². The van der Waals surface area contributed by atoms with E-state index in [1.807, 2.05) is 0 Å². The topological polar surface area (TPSA) is 59.8 Å². The molecule has 1 atom stereocenters. The highest BCUT2D eigenvalue weighted by atomic mass is 16.1. The maximum atomic E-state index is 11.9. The third kappa shape index (κ3) is 3.48. The number of fused-ring (bicyclic) bond motifs is 1. The van der Waals surface area contributed by atoms with Crippen molar-refractivity contribution in [2.24, 2.45) is 0 Å². The summed E-state index contributed by atoms with van der Waals surface area (Å²) in [6, 6.07) is 8.58. The van der Waals surface area contributed by atoms with E-state index in [1.54, 1.807) is 11.0 Å². The van der Waals surface area contributed by atoms with Crippen LogP contribution in [0.25, 0.3) is 0 Å². The molecule has 0 saturated carbocycles. The van der Waals surface area contributed by atoms with Gasteiger partial charge in [-0.15, -0.1) is 0 Å². The summed E-state index contributed by atoms with van der Waals surface area (Å²) in [5.41, 5.74) is 2.84. The average molecular weight is 284 g/mol. The molecule has 1 aromatic carbocycles. The Morgan fingerprint density at radius 1 is 1.38 bits per heavy atom. The van der Waals surface area contributed by atoms with Crippen molar-refractivity contribution in [1.82, 2.24) is 20.1 Å². The van der Waals surface area contributed by atoms with Crippen LogP contribution in [0.4, 0.5) is 0 Å². The van der Waals surface area contributed by atoms with Gasteiger partial charge in [0, 0.05) is 18.9 Å². The van der Waals surface area contributed by atoms with Crippen molar-refractivity contribution >= 4 is 5.91 Å². The summed E-state index contributed by atoms with van der Waals surface area (Å²) >= 11 is 0. The Balaban J connectivity index is 1.50. The fourth-order valence-electron chi connectivity index (χ4n) is 2.96. The molecule has 0 spiro atoms. The maximum absolute atomic E-state index is 11.9. The zero-order valence-corrected chi connectivity index (χ0v) is 12.0. The second kappa shape index (κ2) is 6.52. The van der Waals surface area contributed by atoms with Crippen molar-refractivity contribution < 1.29 is 4.79 Å². The first-order valence-corrected chi connectivity index (χ1v) is 7.50. The molecule has 0 radical (unpaired) electrons. The molecule has 3 rings (SSSR count). The molecule has 0 fully saturated rings. The van der Waals surface area contributed by atoms with Gasteiger partial charge in [0.05, 0.1) is 6.54 Å². The van der Waals surface area contributed by atoms with E-state index in [2.05, 4.69) is 39.7 Å². The number of rotatable bonds is 5. The van der Waals surface area contributed by atoms with Crippen LogP contribution in [0.2, 0.25) is 0 Å². The third-order valence-electron chi connectivity index (χ3n) is 4.07. The largest absolute Gasteiger partial charge is 0.355 e. The van der Waals surface area contributed by atoms with Crippen LogP contribution < -0.4 is 5.32 Å². The summed E-state index contributed by atoms with van der Waals surface area (Å²) < 4.78 is 1.68. The summed E-state index contributed by atoms with van der Waals surface area (Å²) in [7, 11) is 0. The van der Waals surface area contributed by atoms with Crippen LogP contribution in [-0.4, -0.2) is 27.2 Å². The van der Waals surface area contributed by atoms with Gasteiger partial charge in [-0.25, -0.2) is 4.98 Å². The monoisotopic (exact) mass is 284 g/mol. The first-order valence-electron chi connectivity index (χ1n) is 7.50. The minimum Gasteiger partial charge on any atom is -0.355 e. The molecular weight excluding hydrogens is 264 g/mol. The number of aromatic nitrogens is 3. The third-order valence-corrected chi connectivity index (χ3v) is 4.07. The van der Waals surface area contributed by atoms with E-state index in [9.17, 15) is 4.79 Å². The Labute approximate surface area is 124 Å². The lowest BCUT2D eigenvalue weighted by Crippen LogP contribution is -2.30. The van der Waals surface area contributed by atoms with Crippen molar-refractivity contribution in [3.05, 3.63) is 48.0 Å². The second-order valence-corrected chi connectivity index (χ2v) is 5.50. The van der Waals surface area contributed by atoms with Crippen LogP contribution in [0, 0.1) is 0 Å². The summed E-state index contributed by atoms with van der Waals surface area (Å²) in [6.45, 7) is 1.31. The molecule has 1 N–H and O–H groups in total. The van der Waals surface area contributed by atoms with E-state index in [1.165, 1.54) is 23.9 Å². The van der Waals surface area contributed by atoms with Gasteiger partial charge in [0.25, 0.3) is 0 Å². The molecule has 1 aliphatic carbocycles. The van der Waals surface area contributed by atoms with E-state index < -0.39 is 0 Å². The van der Waals surface area contributed by atoms with Gasteiger partial charge in [-0.1, -0.05) is 24.3 Å². The highest BCUT2D eigenvalue weighted by molar-refractivity contribution is 5.75. The van der Waals surface area contributed by atoms with Crippen LogP contribution in [0.5, 0.6) is 0 Å². The Morgan fingerprint density at radius 3 is 3.14 bits per heavy atom. The summed E-state index contributed by atoms with van der Waals surface area (Å²) in [6.07, 6.45) is 7.07. The molecule has 5 heteroatoms. The lowest BCUT2D eigenvalue weighted by molar-refractivity contribution is -0.121. The lowest BCUT2D eigenvalue weighted by atomic mass is 9.83. The zero-order chi connectivity index (χ0) is 14.5. The Bertz CT molecular complexity index is 594. The molecule has 1 aliphatic rings. The Kier molecular flexibility index (Phi) is 4.28. The van der Waals surface area contributed by atoms with Crippen LogP contribution in [-0.2, 0) is 17.8 Å². The number of nitrogens with zero attached hydrogens (tertiary/aromatic N) is 3. The molecule has 1 aromatic heterocycles. The Hall–Kier alpha value is -2.17. The standard InChI is InChI=1S/C16H20N4O/c21-16(8-9-20-12-17-11-19-20)18-10-14-6-3-5-13-4-1-2-7-15(13)14/h1-2,4,7,11-12,14H,3,5-6,8-10H2,(H,18,21). The van der Waals surface area contributed by atoms with E-state index in [4.69, 9.17) is 0 Å². The summed E-state index contributed by atoms with van der Waals surface area (Å²) in [5.74, 6) is 0.527. The summed E-state index contributed by atoms with van der Waals surface area (Å²) in [4.78, 5) is 15.8. The molecule has 1 unspecified atom stereocenters. The average Bonchev–Trinajstić information content (AvgIpc) is 3.04. The van der Waals surface area contributed by atoms with E-state index in [-0.39, 0.29) is 5.91 Å². The van der Waals surface area contributed by atoms with Gasteiger partial charge in [-0.05, 0) is 30.4 Å². The molecule has 0 saturated heterocycles.